The molecule has 1 aliphatic rings. The minimum atomic E-state index is -1.09. The van der Waals surface area contributed by atoms with Crippen molar-refractivity contribution in [3.05, 3.63) is 72.6 Å². The Labute approximate surface area is 165 Å². The molecule has 27 heavy (non-hydrogen) atoms. The zero-order chi connectivity index (χ0) is 19.3. The van der Waals surface area contributed by atoms with Gasteiger partial charge in [0, 0.05) is 14.0 Å². The SMILES string of the molecule is CC(C)(C)[S@](=O)N[C@@H]1CCOc2cccnc21.[HH].c1ccc2ccccc2c1. The minimum Gasteiger partial charge on any atom is -0.492 e. The molecular weight excluding hydrogens is 356 g/mol. The summed E-state index contributed by atoms with van der Waals surface area (Å²) in [5, 5.41) is 2.62. The van der Waals surface area contributed by atoms with E-state index in [-0.39, 0.29) is 12.2 Å². The first kappa shape index (κ1) is 19.5. The summed E-state index contributed by atoms with van der Waals surface area (Å²) in [6, 6.07) is 20.5. The van der Waals surface area contributed by atoms with E-state index >= 15 is 0 Å². The number of hydrogen-bond donors (Lipinski definition) is 1. The third kappa shape index (κ3) is 5.15. The Bertz CT molecular complexity index is 862. The second-order valence-electron chi connectivity index (χ2n) is 7.42. The Morgan fingerprint density at radius 2 is 1.63 bits per heavy atom. The monoisotopic (exact) mass is 384 g/mol. The molecule has 1 aromatic heterocycles. The molecular formula is C22H28N2O2S. The third-order valence-electron chi connectivity index (χ3n) is 4.26. The molecule has 2 atom stereocenters. The molecule has 3 aromatic rings. The molecule has 0 bridgehead atoms. The molecule has 144 valence electrons. The van der Waals surface area contributed by atoms with Crippen molar-refractivity contribution < 1.29 is 10.4 Å². The molecule has 0 unspecified atom stereocenters. The van der Waals surface area contributed by atoms with Crippen LogP contribution in [0.15, 0.2) is 66.9 Å². The fourth-order valence-corrected chi connectivity index (χ4v) is 3.61. The highest BCUT2D eigenvalue weighted by atomic mass is 32.2. The van der Waals surface area contributed by atoms with Crippen molar-refractivity contribution in [1.29, 1.82) is 0 Å². The van der Waals surface area contributed by atoms with Crippen molar-refractivity contribution >= 4 is 21.8 Å². The van der Waals surface area contributed by atoms with E-state index in [1.807, 2.05) is 32.9 Å². The van der Waals surface area contributed by atoms with Gasteiger partial charge in [-0.25, -0.2) is 8.93 Å². The molecule has 0 amide bonds. The van der Waals surface area contributed by atoms with Gasteiger partial charge < -0.3 is 4.74 Å². The van der Waals surface area contributed by atoms with Gasteiger partial charge in [0.1, 0.15) is 11.4 Å². The van der Waals surface area contributed by atoms with Gasteiger partial charge in [-0.15, -0.1) is 0 Å². The number of nitrogens with one attached hydrogen (secondary N) is 1. The van der Waals surface area contributed by atoms with Crippen molar-refractivity contribution in [2.75, 3.05) is 6.61 Å². The fraction of sp³-hybridized carbons (Fsp3) is 0.318. The van der Waals surface area contributed by atoms with Crippen LogP contribution in [0.4, 0.5) is 0 Å². The quantitative estimate of drug-likeness (QED) is 0.673. The maximum absolute atomic E-state index is 12.1. The number of rotatable bonds is 2. The largest absolute Gasteiger partial charge is 0.492 e. The second kappa shape index (κ2) is 8.63. The molecule has 4 rings (SSSR count). The van der Waals surface area contributed by atoms with Gasteiger partial charge in [0.15, 0.2) is 0 Å². The van der Waals surface area contributed by atoms with Crippen LogP contribution in [0.3, 0.4) is 0 Å². The summed E-state index contributed by atoms with van der Waals surface area (Å²) in [5.41, 5.74) is 0.858. The molecule has 2 heterocycles. The zero-order valence-electron chi connectivity index (χ0n) is 16.0. The van der Waals surface area contributed by atoms with Crippen LogP contribution in [0.5, 0.6) is 5.75 Å². The molecule has 0 aliphatic carbocycles. The second-order valence-corrected chi connectivity index (χ2v) is 9.42. The molecule has 1 aliphatic heterocycles. The van der Waals surface area contributed by atoms with Crippen LogP contribution in [0.25, 0.3) is 10.8 Å². The lowest BCUT2D eigenvalue weighted by molar-refractivity contribution is 0.259. The molecule has 2 aromatic carbocycles. The molecule has 0 saturated carbocycles. The van der Waals surface area contributed by atoms with Gasteiger partial charge in [0.2, 0.25) is 0 Å². The maximum atomic E-state index is 12.1. The van der Waals surface area contributed by atoms with E-state index in [9.17, 15) is 4.21 Å². The predicted molar refractivity (Wildman–Crippen MR) is 114 cm³/mol. The van der Waals surface area contributed by atoms with Gasteiger partial charge in [-0.2, -0.15) is 0 Å². The fourth-order valence-electron chi connectivity index (χ4n) is 2.76. The van der Waals surface area contributed by atoms with Crippen molar-refractivity contribution in [2.45, 2.75) is 38.0 Å². The van der Waals surface area contributed by atoms with E-state index < -0.39 is 11.0 Å². The molecule has 0 radical (unpaired) electrons. The highest BCUT2D eigenvalue weighted by Crippen LogP contribution is 2.30. The Hall–Kier alpha value is -2.24. The number of nitrogens with zero attached hydrogens (tertiary/aromatic N) is 1. The van der Waals surface area contributed by atoms with E-state index in [4.69, 9.17) is 4.74 Å². The topological polar surface area (TPSA) is 51.2 Å². The van der Waals surface area contributed by atoms with Crippen molar-refractivity contribution in [2.24, 2.45) is 0 Å². The minimum absolute atomic E-state index is 0. The van der Waals surface area contributed by atoms with Gasteiger partial charge in [-0.05, 0) is 43.7 Å². The maximum Gasteiger partial charge on any atom is 0.142 e. The van der Waals surface area contributed by atoms with E-state index in [1.54, 1.807) is 6.20 Å². The highest BCUT2D eigenvalue weighted by Gasteiger charge is 2.28. The Balaban J connectivity index is 0.000000217. The zero-order valence-corrected chi connectivity index (χ0v) is 16.8. The first-order valence-corrected chi connectivity index (χ1v) is 10.3. The summed E-state index contributed by atoms with van der Waals surface area (Å²) in [4.78, 5) is 4.31. The molecule has 0 fully saturated rings. The summed E-state index contributed by atoms with van der Waals surface area (Å²) in [5.74, 6) is 0.794. The van der Waals surface area contributed by atoms with Crippen LogP contribution in [-0.4, -0.2) is 20.5 Å². The van der Waals surface area contributed by atoms with Gasteiger partial charge in [0.05, 0.1) is 28.4 Å². The number of pyridine rings is 1. The standard InChI is InChI=1S/C12H18N2O2S.C10H8.H2/c1-12(2,3)17(15)14-9-6-8-16-10-5-4-7-13-11(9)10;1-2-6-10-8-4-3-7-9(10)5-1;/h4-5,7,9,14H,6,8H2,1-3H3;1-8H;1H/t9-,17+;;/m1../s1. The number of benzene rings is 2. The van der Waals surface area contributed by atoms with E-state index in [0.717, 1.165) is 17.9 Å². The van der Waals surface area contributed by atoms with Gasteiger partial charge in [0.25, 0.3) is 0 Å². The van der Waals surface area contributed by atoms with Gasteiger partial charge >= 0.3 is 0 Å². The molecule has 1 N–H and O–H groups in total. The highest BCUT2D eigenvalue weighted by molar-refractivity contribution is 7.84. The van der Waals surface area contributed by atoms with Crippen molar-refractivity contribution in [3.8, 4) is 5.75 Å². The Morgan fingerprint density at radius 1 is 1.04 bits per heavy atom. The first-order chi connectivity index (χ1) is 12.9. The Kier molecular flexibility index (Phi) is 6.24. The third-order valence-corrected chi connectivity index (χ3v) is 5.87. The van der Waals surface area contributed by atoms with E-state index in [0.29, 0.717) is 6.61 Å². The lowest BCUT2D eigenvalue weighted by Crippen LogP contribution is -2.37. The number of ether oxygens (including phenoxy) is 1. The van der Waals surface area contributed by atoms with Crippen LogP contribution < -0.4 is 9.46 Å². The van der Waals surface area contributed by atoms with E-state index in [1.165, 1.54) is 10.8 Å². The van der Waals surface area contributed by atoms with Crippen LogP contribution >= 0.6 is 0 Å². The summed E-state index contributed by atoms with van der Waals surface area (Å²) in [6.45, 7) is 6.50. The lowest BCUT2D eigenvalue weighted by atomic mass is 10.1. The van der Waals surface area contributed by atoms with Crippen molar-refractivity contribution in [1.82, 2.24) is 9.71 Å². The summed E-state index contributed by atoms with van der Waals surface area (Å²) in [6.07, 6.45) is 2.54. The normalized spacial score (nSPS) is 17.2. The first-order valence-electron chi connectivity index (χ1n) is 9.15. The molecule has 5 heteroatoms. The summed E-state index contributed by atoms with van der Waals surface area (Å²) >= 11 is 0. The lowest BCUT2D eigenvalue weighted by Gasteiger charge is -2.28. The summed E-state index contributed by atoms with van der Waals surface area (Å²) < 4.78 is 20.5. The average molecular weight is 385 g/mol. The Morgan fingerprint density at radius 3 is 2.19 bits per heavy atom. The van der Waals surface area contributed by atoms with Crippen LogP contribution in [-0.2, 0) is 11.0 Å². The smallest absolute Gasteiger partial charge is 0.142 e. The van der Waals surface area contributed by atoms with Crippen molar-refractivity contribution in [3.63, 3.8) is 0 Å². The average Bonchev–Trinajstić information content (AvgIpc) is 2.68. The van der Waals surface area contributed by atoms with Gasteiger partial charge in [-0.3, -0.25) is 4.98 Å². The number of hydrogen-bond acceptors (Lipinski definition) is 3. The predicted octanol–water partition coefficient (Wildman–Crippen LogP) is 5.04. The van der Waals surface area contributed by atoms with E-state index in [2.05, 4.69) is 58.2 Å². The summed E-state index contributed by atoms with van der Waals surface area (Å²) in [7, 11) is -1.09. The van der Waals surface area contributed by atoms with Crippen LogP contribution in [0.2, 0.25) is 0 Å². The molecule has 0 saturated heterocycles. The van der Waals surface area contributed by atoms with Crippen LogP contribution in [0.1, 0.15) is 40.4 Å². The van der Waals surface area contributed by atoms with Gasteiger partial charge in [-0.1, -0.05) is 48.5 Å². The molecule has 0 spiro atoms. The number of aromatic nitrogens is 1. The van der Waals surface area contributed by atoms with Crippen LogP contribution in [0, 0.1) is 0 Å². The number of fused-ring (bicyclic) bond motifs is 2. The molecule has 4 nitrogen and oxygen atoms in total.